The number of primary sulfonamides is 1. The topological polar surface area (TPSA) is 140 Å². The molecule has 0 saturated heterocycles. The van der Waals surface area contributed by atoms with E-state index in [0.717, 1.165) is 12.6 Å². The molecule has 1 saturated carbocycles. The van der Waals surface area contributed by atoms with Crippen molar-refractivity contribution in [2.75, 3.05) is 10.7 Å². The van der Waals surface area contributed by atoms with Crippen molar-refractivity contribution >= 4 is 44.4 Å². The van der Waals surface area contributed by atoms with Gasteiger partial charge in [-0.25, -0.2) is 23.5 Å². The van der Waals surface area contributed by atoms with Gasteiger partial charge in [0.05, 0.1) is 5.54 Å². The van der Waals surface area contributed by atoms with E-state index in [9.17, 15) is 21.6 Å². The van der Waals surface area contributed by atoms with Gasteiger partial charge in [-0.2, -0.15) is 23.3 Å². The Morgan fingerprint density at radius 1 is 1.12 bits per heavy atom. The molecule has 1 fully saturated rings. The van der Waals surface area contributed by atoms with Crippen molar-refractivity contribution in [2.24, 2.45) is 10.2 Å². The lowest BCUT2D eigenvalue weighted by Gasteiger charge is -2.43. The van der Waals surface area contributed by atoms with Gasteiger partial charge in [-0.05, 0) is 31.0 Å². The van der Waals surface area contributed by atoms with Crippen LogP contribution in [0.4, 0.5) is 30.8 Å². The van der Waals surface area contributed by atoms with Crippen LogP contribution in [0.5, 0.6) is 0 Å². The first kappa shape index (κ1) is 21.6. The lowest BCUT2D eigenvalue weighted by atomic mass is 9.77. The van der Waals surface area contributed by atoms with Crippen molar-refractivity contribution in [3.63, 3.8) is 0 Å². The highest BCUT2D eigenvalue weighted by molar-refractivity contribution is 7.89. The van der Waals surface area contributed by atoms with Crippen LogP contribution in [-0.4, -0.2) is 39.8 Å². The standard InChI is InChI=1S/C19H19F3N8O2S/c20-19(21,22)16-18(6-2-1-3-7-18)30-14(28-29-16)8-11-9-25-17(27-15(11)30)26-13-5-4-12(10-24-13)33(23,31)32/h4-5,8-10,28H,1-3,6-7H2,(H2,23,31,32)(H,24,25,26,27). The van der Waals surface area contributed by atoms with Crippen molar-refractivity contribution in [2.45, 2.75) is 48.7 Å². The molecule has 1 aliphatic heterocycles. The summed E-state index contributed by atoms with van der Waals surface area (Å²) in [6.07, 6.45) is 0.733. The van der Waals surface area contributed by atoms with Crippen molar-refractivity contribution in [1.29, 1.82) is 0 Å². The Morgan fingerprint density at radius 2 is 1.88 bits per heavy atom. The van der Waals surface area contributed by atoms with E-state index < -0.39 is 27.5 Å². The number of sulfonamides is 1. The van der Waals surface area contributed by atoms with E-state index in [2.05, 4.69) is 30.8 Å². The Kier molecular flexibility index (Phi) is 4.83. The molecule has 10 nitrogen and oxygen atoms in total. The third-order valence-electron chi connectivity index (χ3n) is 5.95. The lowest BCUT2D eigenvalue weighted by Crippen LogP contribution is -2.52. The molecule has 1 aliphatic carbocycles. The molecule has 1 spiro atoms. The highest BCUT2D eigenvalue weighted by Gasteiger charge is 2.54. The zero-order chi connectivity index (χ0) is 23.4. The molecule has 174 valence electrons. The molecule has 3 aromatic heterocycles. The fourth-order valence-corrected chi connectivity index (χ4v) is 5.01. The molecule has 4 N–H and O–H groups in total. The summed E-state index contributed by atoms with van der Waals surface area (Å²) in [5, 5.41) is 12.2. The molecule has 3 aromatic rings. The van der Waals surface area contributed by atoms with Crippen LogP contribution in [0.3, 0.4) is 0 Å². The maximum atomic E-state index is 14.0. The number of hydrogen-bond acceptors (Lipinski definition) is 8. The van der Waals surface area contributed by atoms with Gasteiger partial charge in [0.2, 0.25) is 16.0 Å². The molecule has 0 radical (unpaired) electrons. The zero-order valence-electron chi connectivity index (χ0n) is 17.1. The summed E-state index contributed by atoms with van der Waals surface area (Å²) in [5.41, 5.74) is 0.659. The summed E-state index contributed by atoms with van der Waals surface area (Å²) in [6, 6.07) is 4.33. The Balaban J connectivity index is 1.57. The second-order valence-electron chi connectivity index (χ2n) is 8.05. The maximum Gasteiger partial charge on any atom is 0.433 e. The van der Waals surface area contributed by atoms with E-state index in [1.807, 2.05) is 0 Å². The van der Waals surface area contributed by atoms with Crippen LogP contribution in [0, 0.1) is 0 Å². The monoisotopic (exact) mass is 480 g/mol. The largest absolute Gasteiger partial charge is 0.433 e. The molecular formula is C19H19F3N8O2S. The van der Waals surface area contributed by atoms with Crippen LogP contribution < -0.4 is 15.9 Å². The van der Waals surface area contributed by atoms with Gasteiger partial charge >= 0.3 is 6.18 Å². The number of hydrazone groups is 1. The number of aromatic nitrogens is 4. The maximum absolute atomic E-state index is 14.0. The summed E-state index contributed by atoms with van der Waals surface area (Å²) in [6.45, 7) is 0. The molecule has 2 aliphatic rings. The number of alkyl halides is 3. The van der Waals surface area contributed by atoms with Crippen molar-refractivity contribution in [1.82, 2.24) is 19.5 Å². The Bertz CT molecular complexity index is 1360. The van der Waals surface area contributed by atoms with Crippen LogP contribution in [0.1, 0.15) is 32.1 Å². The lowest BCUT2D eigenvalue weighted by molar-refractivity contribution is -0.0682. The van der Waals surface area contributed by atoms with Crippen LogP contribution in [-0.2, 0) is 15.6 Å². The van der Waals surface area contributed by atoms with Gasteiger partial charge in [0.25, 0.3) is 0 Å². The molecule has 4 heterocycles. The minimum Gasteiger partial charge on any atom is -0.309 e. The highest BCUT2D eigenvalue weighted by Crippen LogP contribution is 2.47. The third-order valence-corrected chi connectivity index (χ3v) is 6.84. The Hall–Kier alpha value is -3.26. The first-order chi connectivity index (χ1) is 15.6. The van der Waals surface area contributed by atoms with Crippen molar-refractivity contribution < 1.29 is 21.6 Å². The van der Waals surface area contributed by atoms with E-state index in [1.165, 1.54) is 18.3 Å². The van der Waals surface area contributed by atoms with Crippen LogP contribution in [0.25, 0.3) is 11.0 Å². The summed E-state index contributed by atoms with van der Waals surface area (Å²) in [5.74, 6) is 0.762. The molecule has 0 atom stereocenters. The smallest absolute Gasteiger partial charge is 0.309 e. The summed E-state index contributed by atoms with van der Waals surface area (Å²) >= 11 is 0. The molecule has 5 rings (SSSR count). The molecule has 0 aromatic carbocycles. The number of nitrogens with one attached hydrogen (secondary N) is 2. The number of rotatable bonds is 3. The summed E-state index contributed by atoms with van der Waals surface area (Å²) < 4.78 is 66.3. The second kappa shape index (κ2) is 7.38. The molecule has 33 heavy (non-hydrogen) atoms. The number of nitrogens with zero attached hydrogens (tertiary/aromatic N) is 5. The van der Waals surface area contributed by atoms with Gasteiger partial charge in [-0.15, -0.1) is 0 Å². The predicted octanol–water partition coefficient (Wildman–Crippen LogP) is 3.22. The number of fused-ring (bicyclic) bond motifs is 4. The van der Waals surface area contributed by atoms with Crippen molar-refractivity contribution in [3.8, 4) is 0 Å². The number of halogens is 3. The summed E-state index contributed by atoms with van der Waals surface area (Å²) in [4.78, 5) is 12.5. The minimum atomic E-state index is -4.60. The molecule has 0 amide bonds. The van der Waals surface area contributed by atoms with Gasteiger partial charge in [-0.1, -0.05) is 19.3 Å². The number of pyridine rings is 1. The predicted molar refractivity (Wildman–Crippen MR) is 115 cm³/mol. The molecule has 14 heteroatoms. The number of hydrogen-bond donors (Lipinski definition) is 3. The fraction of sp³-hybridized carbons (Fsp3) is 0.368. The first-order valence-electron chi connectivity index (χ1n) is 10.1. The molecule has 0 bridgehead atoms. The average Bonchev–Trinajstić information content (AvgIpc) is 3.12. The summed E-state index contributed by atoms with van der Waals surface area (Å²) in [7, 11) is -3.89. The minimum absolute atomic E-state index is 0.0984. The SMILES string of the molecule is NS(=O)(=O)c1ccc(Nc2ncc3cc4n(c3n2)C2(CCCCC2)C(C(F)(F)F)=NN4)nc1. The van der Waals surface area contributed by atoms with Crippen molar-refractivity contribution in [3.05, 3.63) is 30.6 Å². The van der Waals surface area contributed by atoms with Gasteiger partial charge in [0.15, 0.2) is 5.71 Å². The van der Waals surface area contributed by atoms with Gasteiger partial charge in [0.1, 0.15) is 22.2 Å². The quantitative estimate of drug-likeness (QED) is 0.523. The normalized spacial score (nSPS) is 18.0. The van der Waals surface area contributed by atoms with Crippen LogP contribution >= 0.6 is 0 Å². The molecular weight excluding hydrogens is 461 g/mol. The average molecular weight is 480 g/mol. The van der Waals surface area contributed by atoms with E-state index in [-0.39, 0.29) is 16.7 Å². The number of anilines is 3. The Morgan fingerprint density at radius 3 is 2.52 bits per heavy atom. The van der Waals surface area contributed by atoms with E-state index in [4.69, 9.17) is 5.14 Å². The number of nitrogens with two attached hydrogens (primary N) is 1. The zero-order valence-corrected chi connectivity index (χ0v) is 17.9. The van der Waals surface area contributed by atoms with E-state index in [1.54, 1.807) is 10.6 Å². The van der Waals surface area contributed by atoms with Gasteiger partial charge in [-0.3, -0.25) is 9.99 Å². The first-order valence-corrected chi connectivity index (χ1v) is 11.7. The van der Waals surface area contributed by atoms with E-state index >= 15 is 0 Å². The van der Waals surface area contributed by atoms with Crippen LogP contribution in [0.15, 0.2) is 40.6 Å². The van der Waals surface area contributed by atoms with Gasteiger partial charge < -0.3 is 5.32 Å². The van der Waals surface area contributed by atoms with E-state index in [0.29, 0.717) is 42.5 Å². The highest BCUT2D eigenvalue weighted by atomic mass is 32.2. The fourth-order valence-electron chi connectivity index (χ4n) is 4.55. The third kappa shape index (κ3) is 3.68. The molecule has 0 unspecified atom stereocenters. The second-order valence-corrected chi connectivity index (χ2v) is 9.61. The van der Waals surface area contributed by atoms with Gasteiger partial charge in [0, 0.05) is 17.8 Å². The van der Waals surface area contributed by atoms with Crippen LogP contribution in [0.2, 0.25) is 0 Å². The Labute approximate surface area is 186 Å².